The molecule has 1 aromatic carbocycles. The van der Waals surface area contributed by atoms with E-state index in [2.05, 4.69) is 22.6 Å². The van der Waals surface area contributed by atoms with Crippen molar-refractivity contribution in [3.05, 3.63) is 27.8 Å². The Bertz CT molecular complexity index is 585. The number of hydrogen-bond acceptors (Lipinski definition) is 4. The highest BCUT2D eigenvalue weighted by Crippen LogP contribution is 2.26. The molecule has 110 valence electrons. The van der Waals surface area contributed by atoms with Crippen molar-refractivity contribution < 1.29 is 17.9 Å². The van der Waals surface area contributed by atoms with E-state index in [1.54, 1.807) is 24.3 Å². The number of rotatable bonds is 3. The van der Waals surface area contributed by atoms with Crippen molar-refractivity contribution in [3.8, 4) is 0 Å². The number of carbonyl (C=O) groups is 1. The van der Waals surface area contributed by atoms with Gasteiger partial charge in [-0.2, -0.15) is 4.31 Å². The summed E-state index contributed by atoms with van der Waals surface area (Å²) in [5.74, 6) is -0.487. The van der Waals surface area contributed by atoms with Gasteiger partial charge in [0.1, 0.15) is 6.04 Å². The standard InChI is InChI=1S/C13H16INO4S/c1-19-13(16)12-4-2-3-9-15(12)20(17,18)11-7-5-10(14)6-8-11/h5-8,12H,2-4,9H2,1H3. The quantitative estimate of drug-likeness (QED) is 0.566. The number of carbonyl (C=O) groups excluding carboxylic acids is 1. The van der Waals surface area contributed by atoms with Crippen LogP contribution in [0.3, 0.4) is 0 Å². The van der Waals surface area contributed by atoms with E-state index in [4.69, 9.17) is 4.74 Å². The van der Waals surface area contributed by atoms with E-state index in [1.807, 2.05) is 0 Å². The summed E-state index contributed by atoms with van der Waals surface area (Å²) in [5.41, 5.74) is 0. The Labute approximate surface area is 132 Å². The van der Waals surface area contributed by atoms with Gasteiger partial charge in [0.15, 0.2) is 0 Å². The second kappa shape index (κ2) is 6.40. The average molecular weight is 409 g/mol. The Morgan fingerprint density at radius 3 is 2.55 bits per heavy atom. The molecule has 0 radical (unpaired) electrons. The highest BCUT2D eigenvalue weighted by Gasteiger charge is 2.38. The Morgan fingerprint density at radius 2 is 1.95 bits per heavy atom. The molecule has 0 bridgehead atoms. The fraction of sp³-hybridized carbons (Fsp3) is 0.462. The summed E-state index contributed by atoms with van der Waals surface area (Å²) >= 11 is 2.12. The van der Waals surface area contributed by atoms with Gasteiger partial charge in [-0.15, -0.1) is 0 Å². The second-order valence-corrected chi connectivity index (χ2v) is 7.74. The van der Waals surface area contributed by atoms with E-state index in [-0.39, 0.29) is 4.90 Å². The van der Waals surface area contributed by atoms with Crippen molar-refractivity contribution >= 4 is 38.6 Å². The van der Waals surface area contributed by atoms with Gasteiger partial charge in [-0.05, 0) is 66.1 Å². The average Bonchev–Trinajstić information content (AvgIpc) is 2.47. The van der Waals surface area contributed by atoms with Crippen LogP contribution >= 0.6 is 22.6 Å². The van der Waals surface area contributed by atoms with Crippen molar-refractivity contribution in [1.82, 2.24) is 4.31 Å². The van der Waals surface area contributed by atoms with E-state index in [9.17, 15) is 13.2 Å². The molecule has 1 atom stereocenters. The summed E-state index contributed by atoms with van der Waals surface area (Å²) in [6.07, 6.45) is 2.10. The zero-order valence-corrected chi connectivity index (χ0v) is 14.1. The predicted octanol–water partition coefficient (Wildman–Crippen LogP) is 2.01. The van der Waals surface area contributed by atoms with Crippen LogP contribution in [0.1, 0.15) is 19.3 Å². The topological polar surface area (TPSA) is 63.7 Å². The Hall–Kier alpha value is -0.670. The molecular formula is C13H16INO4S. The third-order valence-electron chi connectivity index (χ3n) is 3.35. The number of ether oxygens (including phenoxy) is 1. The molecule has 1 heterocycles. The zero-order valence-electron chi connectivity index (χ0n) is 11.1. The fourth-order valence-electron chi connectivity index (χ4n) is 2.31. The van der Waals surface area contributed by atoms with Crippen molar-refractivity contribution in [2.75, 3.05) is 13.7 Å². The molecule has 0 aliphatic carbocycles. The van der Waals surface area contributed by atoms with Gasteiger partial charge >= 0.3 is 5.97 Å². The molecule has 1 aliphatic heterocycles. The monoisotopic (exact) mass is 409 g/mol. The summed E-state index contributed by atoms with van der Waals surface area (Å²) in [5, 5.41) is 0. The van der Waals surface area contributed by atoms with Gasteiger partial charge in [-0.3, -0.25) is 4.79 Å². The summed E-state index contributed by atoms with van der Waals surface area (Å²) in [6, 6.07) is 5.91. The van der Waals surface area contributed by atoms with Gasteiger partial charge in [0, 0.05) is 10.1 Å². The van der Waals surface area contributed by atoms with Gasteiger partial charge < -0.3 is 4.74 Å². The number of halogens is 1. The summed E-state index contributed by atoms with van der Waals surface area (Å²) < 4.78 is 32.2. The van der Waals surface area contributed by atoms with Gasteiger partial charge in [-0.1, -0.05) is 0 Å². The molecule has 7 heteroatoms. The highest BCUT2D eigenvalue weighted by molar-refractivity contribution is 14.1. The van der Waals surface area contributed by atoms with Crippen molar-refractivity contribution in [2.24, 2.45) is 0 Å². The maximum absolute atomic E-state index is 12.6. The van der Waals surface area contributed by atoms with Crippen LogP contribution in [-0.4, -0.2) is 38.4 Å². The second-order valence-electron chi connectivity index (χ2n) is 4.60. The third-order valence-corrected chi connectivity index (χ3v) is 5.99. The largest absolute Gasteiger partial charge is 0.468 e. The van der Waals surface area contributed by atoms with E-state index >= 15 is 0 Å². The smallest absolute Gasteiger partial charge is 0.324 e. The molecule has 1 unspecified atom stereocenters. The number of nitrogens with zero attached hydrogens (tertiary/aromatic N) is 1. The Kier molecular flexibility index (Phi) is 5.03. The molecule has 2 rings (SSSR count). The minimum Gasteiger partial charge on any atom is -0.468 e. The number of sulfonamides is 1. The number of piperidine rings is 1. The van der Waals surface area contributed by atoms with Gasteiger partial charge in [0.25, 0.3) is 0 Å². The molecule has 0 N–H and O–H groups in total. The van der Waals surface area contributed by atoms with Crippen LogP contribution in [0, 0.1) is 3.57 Å². The Morgan fingerprint density at radius 1 is 1.30 bits per heavy atom. The van der Waals surface area contributed by atoms with E-state index in [1.165, 1.54) is 11.4 Å². The molecule has 1 fully saturated rings. The summed E-state index contributed by atoms with van der Waals surface area (Å²) in [6.45, 7) is 0.355. The van der Waals surface area contributed by atoms with Crippen molar-refractivity contribution in [2.45, 2.75) is 30.2 Å². The van der Waals surface area contributed by atoms with E-state index < -0.39 is 22.0 Å². The minimum atomic E-state index is -3.65. The van der Waals surface area contributed by atoms with E-state index in [0.717, 1.165) is 16.4 Å². The SMILES string of the molecule is COC(=O)C1CCCCN1S(=O)(=O)c1ccc(I)cc1. The first-order valence-corrected chi connectivity index (χ1v) is 8.84. The van der Waals surface area contributed by atoms with Gasteiger partial charge in [0.2, 0.25) is 10.0 Å². The van der Waals surface area contributed by atoms with Crippen molar-refractivity contribution in [3.63, 3.8) is 0 Å². The third kappa shape index (κ3) is 3.15. The van der Waals surface area contributed by atoms with Gasteiger partial charge in [-0.25, -0.2) is 8.42 Å². The predicted molar refractivity (Wildman–Crippen MR) is 82.7 cm³/mol. The van der Waals surface area contributed by atoms with E-state index in [0.29, 0.717) is 13.0 Å². The minimum absolute atomic E-state index is 0.216. The molecule has 1 aromatic rings. The highest BCUT2D eigenvalue weighted by atomic mass is 127. The van der Waals surface area contributed by atoms with Crippen molar-refractivity contribution in [1.29, 1.82) is 0 Å². The number of methoxy groups -OCH3 is 1. The molecule has 0 aromatic heterocycles. The van der Waals surface area contributed by atoms with Crippen LogP contribution in [0.5, 0.6) is 0 Å². The molecule has 5 nitrogen and oxygen atoms in total. The molecular weight excluding hydrogens is 393 g/mol. The van der Waals surface area contributed by atoms with Crippen LogP contribution < -0.4 is 0 Å². The van der Waals surface area contributed by atoms with Crippen LogP contribution in [0.2, 0.25) is 0 Å². The lowest BCUT2D eigenvalue weighted by atomic mass is 10.1. The van der Waals surface area contributed by atoms with Crippen LogP contribution in [0.15, 0.2) is 29.2 Å². The molecule has 0 amide bonds. The number of hydrogen-bond donors (Lipinski definition) is 0. The first-order chi connectivity index (χ1) is 9.46. The summed E-state index contributed by atoms with van der Waals surface area (Å²) in [4.78, 5) is 12.0. The number of esters is 1. The lowest BCUT2D eigenvalue weighted by Gasteiger charge is -2.32. The lowest BCUT2D eigenvalue weighted by molar-refractivity contribution is -0.146. The van der Waals surface area contributed by atoms with Crippen LogP contribution in [0.25, 0.3) is 0 Å². The molecule has 20 heavy (non-hydrogen) atoms. The fourth-order valence-corrected chi connectivity index (χ4v) is 4.31. The molecule has 1 saturated heterocycles. The molecule has 1 aliphatic rings. The lowest BCUT2D eigenvalue weighted by Crippen LogP contribution is -2.48. The van der Waals surface area contributed by atoms with Crippen LogP contribution in [-0.2, 0) is 19.6 Å². The summed E-state index contributed by atoms with van der Waals surface area (Å²) in [7, 11) is -2.37. The first kappa shape index (κ1) is 15.7. The maximum atomic E-state index is 12.6. The Balaban J connectivity index is 2.35. The van der Waals surface area contributed by atoms with Crippen LogP contribution in [0.4, 0.5) is 0 Å². The zero-order chi connectivity index (χ0) is 14.8. The molecule has 0 spiro atoms. The normalized spacial score (nSPS) is 20.6. The first-order valence-electron chi connectivity index (χ1n) is 6.32. The molecule has 0 saturated carbocycles. The number of benzene rings is 1. The maximum Gasteiger partial charge on any atom is 0.324 e. The van der Waals surface area contributed by atoms with Gasteiger partial charge in [0.05, 0.1) is 12.0 Å².